The van der Waals surface area contributed by atoms with Crippen molar-refractivity contribution in [3.05, 3.63) is 44.4 Å². The van der Waals surface area contributed by atoms with Crippen LogP contribution in [0.1, 0.15) is 11.3 Å². The molecule has 0 saturated carbocycles. The first-order valence-electron chi connectivity index (χ1n) is 4.99. The first-order valence-corrected chi connectivity index (χ1v) is 4.99. The fraction of sp³-hybridized carbons (Fsp3) is 0.300. The van der Waals surface area contributed by atoms with Crippen LogP contribution in [0, 0.1) is 6.92 Å². The van der Waals surface area contributed by atoms with Gasteiger partial charge in [-0.25, -0.2) is 4.79 Å². The number of aromatic hydroxyl groups is 1. The largest absolute Gasteiger partial charge is 0.494 e. The first-order chi connectivity index (χ1) is 7.97. The van der Waals surface area contributed by atoms with Gasteiger partial charge in [0.25, 0.3) is 5.56 Å². The number of hydrogen-bond acceptors (Lipinski definition) is 4. The van der Waals surface area contributed by atoms with Crippen LogP contribution in [0.15, 0.2) is 21.9 Å². The van der Waals surface area contributed by atoms with Crippen LogP contribution in [0.2, 0.25) is 0 Å². The van der Waals surface area contributed by atoms with Gasteiger partial charge in [-0.3, -0.25) is 19.0 Å². The van der Waals surface area contributed by atoms with E-state index in [0.29, 0.717) is 0 Å². The van der Waals surface area contributed by atoms with Gasteiger partial charge in [0, 0.05) is 18.8 Å². The number of aromatic amines is 1. The SMILES string of the molecule is Cc1nn(C)cc1Cn1c(O)cc(=O)[nH]c1=O. The van der Waals surface area contributed by atoms with Gasteiger partial charge in [-0.1, -0.05) is 0 Å². The predicted octanol–water partition coefficient (Wildman–Crippen LogP) is -0.668. The molecule has 0 aliphatic rings. The Bertz CT molecular complexity index is 665. The number of nitrogens with one attached hydrogen (secondary N) is 1. The molecule has 2 N–H and O–H groups in total. The maximum atomic E-state index is 11.5. The van der Waals surface area contributed by atoms with Gasteiger partial charge in [0.15, 0.2) is 0 Å². The van der Waals surface area contributed by atoms with E-state index in [1.807, 2.05) is 6.92 Å². The number of aryl methyl sites for hydroxylation is 2. The minimum Gasteiger partial charge on any atom is -0.494 e. The van der Waals surface area contributed by atoms with Crippen LogP contribution in [-0.2, 0) is 13.6 Å². The lowest BCUT2D eigenvalue weighted by Gasteiger charge is -2.05. The Hall–Kier alpha value is -2.31. The van der Waals surface area contributed by atoms with Crippen molar-refractivity contribution in [1.82, 2.24) is 19.3 Å². The summed E-state index contributed by atoms with van der Waals surface area (Å²) in [6.07, 6.45) is 1.76. The summed E-state index contributed by atoms with van der Waals surface area (Å²) in [5.41, 5.74) is 0.312. The Morgan fingerprint density at radius 1 is 1.47 bits per heavy atom. The van der Waals surface area contributed by atoms with Crippen molar-refractivity contribution in [3.63, 3.8) is 0 Å². The molecule has 0 amide bonds. The van der Waals surface area contributed by atoms with Crippen LogP contribution in [0.5, 0.6) is 5.88 Å². The minimum absolute atomic E-state index is 0.168. The van der Waals surface area contributed by atoms with E-state index in [2.05, 4.69) is 10.1 Å². The molecule has 0 fully saturated rings. The zero-order chi connectivity index (χ0) is 12.6. The van der Waals surface area contributed by atoms with Crippen molar-refractivity contribution < 1.29 is 5.11 Å². The van der Waals surface area contributed by atoms with E-state index >= 15 is 0 Å². The Labute approximate surface area is 96.0 Å². The fourth-order valence-corrected chi connectivity index (χ4v) is 1.64. The van der Waals surface area contributed by atoms with Gasteiger partial charge in [-0.05, 0) is 6.92 Å². The zero-order valence-electron chi connectivity index (χ0n) is 9.47. The van der Waals surface area contributed by atoms with Crippen LogP contribution in [0.4, 0.5) is 0 Å². The Morgan fingerprint density at radius 2 is 2.18 bits per heavy atom. The molecule has 0 radical (unpaired) electrons. The molecule has 2 aromatic heterocycles. The van der Waals surface area contributed by atoms with E-state index in [1.54, 1.807) is 17.9 Å². The van der Waals surface area contributed by atoms with Crippen LogP contribution < -0.4 is 11.2 Å². The van der Waals surface area contributed by atoms with E-state index in [9.17, 15) is 14.7 Å². The normalized spacial score (nSPS) is 10.7. The van der Waals surface area contributed by atoms with Gasteiger partial charge in [0.1, 0.15) is 0 Å². The second-order valence-electron chi connectivity index (χ2n) is 3.80. The van der Waals surface area contributed by atoms with Crippen LogP contribution in [0.3, 0.4) is 0 Å². The van der Waals surface area contributed by atoms with Gasteiger partial charge in [0.05, 0.1) is 18.3 Å². The summed E-state index contributed by atoms with van der Waals surface area (Å²) < 4.78 is 2.70. The maximum Gasteiger partial charge on any atom is 0.331 e. The molecule has 0 aromatic carbocycles. The molecular formula is C10H12N4O3. The summed E-state index contributed by atoms with van der Waals surface area (Å²) in [5, 5.41) is 13.7. The Kier molecular flexibility index (Phi) is 2.58. The molecule has 0 aliphatic carbocycles. The molecule has 0 atom stereocenters. The monoisotopic (exact) mass is 236 g/mol. The molecule has 17 heavy (non-hydrogen) atoms. The van der Waals surface area contributed by atoms with Gasteiger partial charge in [-0.2, -0.15) is 5.10 Å². The van der Waals surface area contributed by atoms with Crippen molar-refractivity contribution in [3.8, 4) is 5.88 Å². The molecule has 2 aromatic rings. The number of nitrogens with zero attached hydrogens (tertiary/aromatic N) is 3. The van der Waals surface area contributed by atoms with Crippen molar-refractivity contribution >= 4 is 0 Å². The molecular weight excluding hydrogens is 224 g/mol. The highest BCUT2D eigenvalue weighted by Gasteiger charge is 2.09. The highest BCUT2D eigenvalue weighted by molar-refractivity contribution is 5.18. The average molecular weight is 236 g/mol. The second kappa shape index (κ2) is 3.93. The third-order valence-corrected chi connectivity index (χ3v) is 2.46. The summed E-state index contributed by atoms with van der Waals surface area (Å²) in [5.74, 6) is -0.359. The van der Waals surface area contributed by atoms with Crippen molar-refractivity contribution in [2.75, 3.05) is 0 Å². The molecule has 0 bridgehead atoms. The summed E-state index contributed by atoms with van der Waals surface area (Å²) >= 11 is 0. The lowest BCUT2D eigenvalue weighted by Crippen LogP contribution is -2.29. The number of aromatic nitrogens is 4. The van der Waals surface area contributed by atoms with E-state index in [1.165, 1.54) is 0 Å². The van der Waals surface area contributed by atoms with Gasteiger partial charge < -0.3 is 5.11 Å². The molecule has 2 heterocycles. The van der Waals surface area contributed by atoms with E-state index < -0.39 is 11.2 Å². The number of rotatable bonds is 2. The predicted molar refractivity (Wildman–Crippen MR) is 60.0 cm³/mol. The second-order valence-corrected chi connectivity index (χ2v) is 3.80. The topological polar surface area (TPSA) is 92.9 Å². The smallest absolute Gasteiger partial charge is 0.331 e. The summed E-state index contributed by atoms with van der Waals surface area (Å²) in [4.78, 5) is 24.5. The lowest BCUT2D eigenvalue weighted by atomic mass is 10.2. The van der Waals surface area contributed by atoms with Crippen LogP contribution in [-0.4, -0.2) is 24.4 Å². The highest BCUT2D eigenvalue weighted by atomic mass is 16.3. The molecule has 0 unspecified atom stereocenters. The zero-order valence-corrected chi connectivity index (χ0v) is 9.47. The van der Waals surface area contributed by atoms with Crippen molar-refractivity contribution in [1.29, 1.82) is 0 Å². The standard InChI is InChI=1S/C10H12N4O3/c1-6-7(4-13(2)12-6)5-14-9(16)3-8(15)11-10(14)17/h3-4,16H,5H2,1-2H3,(H,11,15,17). The molecule has 7 heteroatoms. The molecule has 0 saturated heterocycles. The molecule has 90 valence electrons. The minimum atomic E-state index is -0.641. The highest BCUT2D eigenvalue weighted by Crippen LogP contribution is 2.09. The molecule has 0 spiro atoms. The fourth-order valence-electron chi connectivity index (χ4n) is 1.64. The third-order valence-electron chi connectivity index (χ3n) is 2.46. The van der Waals surface area contributed by atoms with Crippen LogP contribution in [0.25, 0.3) is 0 Å². The van der Waals surface area contributed by atoms with E-state index in [-0.39, 0.29) is 12.4 Å². The number of hydrogen-bond donors (Lipinski definition) is 2. The number of H-pyrrole nitrogens is 1. The van der Waals surface area contributed by atoms with Gasteiger partial charge in [-0.15, -0.1) is 0 Å². The third kappa shape index (κ3) is 2.12. The summed E-state index contributed by atoms with van der Waals surface area (Å²) in [6.45, 7) is 1.98. The maximum absolute atomic E-state index is 11.5. The first kappa shape index (κ1) is 11.2. The Balaban J connectivity index is 2.47. The lowest BCUT2D eigenvalue weighted by molar-refractivity contribution is 0.409. The van der Waals surface area contributed by atoms with Gasteiger partial charge in [0.2, 0.25) is 5.88 Å². The van der Waals surface area contributed by atoms with Crippen molar-refractivity contribution in [2.45, 2.75) is 13.5 Å². The van der Waals surface area contributed by atoms with Crippen LogP contribution >= 0.6 is 0 Å². The van der Waals surface area contributed by atoms with Gasteiger partial charge >= 0.3 is 5.69 Å². The quantitative estimate of drug-likeness (QED) is 0.723. The van der Waals surface area contributed by atoms with Crippen molar-refractivity contribution in [2.24, 2.45) is 7.05 Å². The summed E-state index contributed by atoms with van der Waals surface area (Å²) in [7, 11) is 1.77. The molecule has 2 rings (SSSR count). The Morgan fingerprint density at radius 3 is 2.71 bits per heavy atom. The average Bonchev–Trinajstić information content (AvgIpc) is 2.51. The molecule has 0 aliphatic heterocycles. The summed E-state index contributed by atoms with van der Waals surface area (Å²) in [6, 6.07) is 0.965. The van der Waals surface area contributed by atoms with E-state index in [4.69, 9.17) is 0 Å². The molecule has 7 nitrogen and oxygen atoms in total. The van der Waals surface area contributed by atoms with E-state index in [0.717, 1.165) is 21.9 Å².